The minimum atomic E-state index is -0.0295. The van der Waals surface area contributed by atoms with E-state index in [2.05, 4.69) is 30.1 Å². The van der Waals surface area contributed by atoms with Gasteiger partial charge in [0.2, 0.25) is 0 Å². The van der Waals surface area contributed by atoms with Gasteiger partial charge in [0.05, 0.1) is 6.61 Å². The molecular formula is C17H25NO3. The van der Waals surface area contributed by atoms with Gasteiger partial charge in [-0.2, -0.15) is 0 Å². The minimum absolute atomic E-state index is 0.0295. The molecule has 0 spiro atoms. The molecule has 0 saturated carbocycles. The van der Waals surface area contributed by atoms with Gasteiger partial charge in [0.1, 0.15) is 12.4 Å². The molecule has 116 valence electrons. The topological polar surface area (TPSA) is 30.9 Å². The van der Waals surface area contributed by atoms with Crippen LogP contribution in [0.2, 0.25) is 0 Å². The number of ether oxygens (including phenoxy) is 3. The van der Waals surface area contributed by atoms with E-state index in [1.54, 1.807) is 0 Å². The second-order valence-electron chi connectivity index (χ2n) is 5.90. The summed E-state index contributed by atoms with van der Waals surface area (Å²) in [5.41, 5.74) is 2.75. The Morgan fingerprint density at radius 1 is 1.29 bits per heavy atom. The van der Waals surface area contributed by atoms with Crippen LogP contribution in [0.5, 0.6) is 5.75 Å². The largest absolute Gasteiger partial charge is 0.491 e. The van der Waals surface area contributed by atoms with Crippen LogP contribution in [0.15, 0.2) is 18.2 Å². The van der Waals surface area contributed by atoms with Gasteiger partial charge in [-0.1, -0.05) is 12.1 Å². The molecule has 0 N–H and O–H groups in total. The van der Waals surface area contributed by atoms with Crippen LogP contribution in [0, 0.1) is 0 Å². The molecule has 3 rings (SSSR count). The Labute approximate surface area is 127 Å². The van der Waals surface area contributed by atoms with Crippen molar-refractivity contribution in [2.75, 3.05) is 33.4 Å². The first kappa shape index (κ1) is 14.8. The molecule has 1 aromatic carbocycles. The second-order valence-corrected chi connectivity index (χ2v) is 5.90. The standard InChI is InChI=1S/C17H25NO3/c1-18-9-8-14-5-4-6-16(15(14)13-18)19-11-12-21-17-7-2-3-10-20-17/h4-6,17H,2-3,7-13H2,1H3. The van der Waals surface area contributed by atoms with Crippen LogP contribution in [0.25, 0.3) is 0 Å². The molecule has 0 aliphatic carbocycles. The van der Waals surface area contributed by atoms with Crippen LogP contribution < -0.4 is 4.74 Å². The van der Waals surface area contributed by atoms with Gasteiger partial charge in [0, 0.05) is 25.3 Å². The molecule has 0 amide bonds. The summed E-state index contributed by atoms with van der Waals surface area (Å²) < 4.78 is 17.2. The monoisotopic (exact) mass is 291 g/mol. The third kappa shape index (κ3) is 3.96. The summed E-state index contributed by atoms with van der Waals surface area (Å²) >= 11 is 0. The van der Waals surface area contributed by atoms with Crippen molar-refractivity contribution in [1.29, 1.82) is 0 Å². The van der Waals surface area contributed by atoms with E-state index in [0.717, 1.165) is 44.7 Å². The number of rotatable bonds is 5. The molecule has 2 aliphatic rings. The molecule has 2 aliphatic heterocycles. The van der Waals surface area contributed by atoms with Crippen LogP contribution in [-0.2, 0) is 22.4 Å². The lowest BCUT2D eigenvalue weighted by molar-refractivity contribution is -0.165. The summed E-state index contributed by atoms with van der Waals surface area (Å²) in [5, 5.41) is 0. The van der Waals surface area contributed by atoms with Crippen molar-refractivity contribution in [1.82, 2.24) is 4.90 Å². The van der Waals surface area contributed by atoms with Crippen molar-refractivity contribution < 1.29 is 14.2 Å². The predicted molar refractivity (Wildman–Crippen MR) is 81.5 cm³/mol. The third-order valence-electron chi connectivity index (χ3n) is 4.20. The Hall–Kier alpha value is -1.10. The SMILES string of the molecule is CN1CCc2cccc(OCCOC3CCCCO3)c2C1. The Morgan fingerprint density at radius 3 is 3.10 bits per heavy atom. The summed E-state index contributed by atoms with van der Waals surface area (Å²) in [6.45, 7) is 4.09. The molecule has 4 heteroatoms. The highest BCUT2D eigenvalue weighted by Crippen LogP contribution is 2.27. The molecular weight excluding hydrogens is 266 g/mol. The van der Waals surface area contributed by atoms with Gasteiger partial charge < -0.3 is 19.1 Å². The predicted octanol–water partition coefficient (Wildman–Crippen LogP) is 2.60. The van der Waals surface area contributed by atoms with Crippen molar-refractivity contribution in [2.24, 2.45) is 0 Å². The molecule has 0 radical (unpaired) electrons. The first-order chi connectivity index (χ1) is 10.3. The lowest BCUT2D eigenvalue weighted by Gasteiger charge is -2.27. The number of hydrogen-bond donors (Lipinski definition) is 0. The molecule has 1 fully saturated rings. The Morgan fingerprint density at radius 2 is 2.24 bits per heavy atom. The first-order valence-corrected chi connectivity index (χ1v) is 7.98. The van der Waals surface area contributed by atoms with E-state index in [-0.39, 0.29) is 6.29 Å². The zero-order valence-electron chi connectivity index (χ0n) is 12.8. The first-order valence-electron chi connectivity index (χ1n) is 7.98. The van der Waals surface area contributed by atoms with Gasteiger partial charge in [-0.15, -0.1) is 0 Å². The quantitative estimate of drug-likeness (QED) is 0.780. The maximum Gasteiger partial charge on any atom is 0.157 e. The summed E-state index contributed by atoms with van der Waals surface area (Å²) in [6.07, 6.45) is 4.43. The lowest BCUT2D eigenvalue weighted by atomic mass is 9.99. The average Bonchev–Trinajstić information content (AvgIpc) is 2.53. The fraction of sp³-hybridized carbons (Fsp3) is 0.647. The minimum Gasteiger partial charge on any atom is -0.491 e. The van der Waals surface area contributed by atoms with Crippen molar-refractivity contribution >= 4 is 0 Å². The van der Waals surface area contributed by atoms with Crippen LogP contribution in [-0.4, -0.2) is 44.6 Å². The van der Waals surface area contributed by atoms with Crippen LogP contribution in [0.3, 0.4) is 0 Å². The fourth-order valence-electron chi connectivity index (χ4n) is 2.99. The van der Waals surface area contributed by atoms with E-state index >= 15 is 0 Å². The van der Waals surface area contributed by atoms with Gasteiger partial charge in [0.15, 0.2) is 6.29 Å². The fourth-order valence-corrected chi connectivity index (χ4v) is 2.99. The highest BCUT2D eigenvalue weighted by atomic mass is 16.7. The Kier molecular flexibility index (Phi) is 5.12. The van der Waals surface area contributed by atoms with Gasteiger partial charge >= 0.3 is 0 Å². The number of benzene rings is 1. The maximum atomic E-state index is 5.94. The molecule has 21 heavy (non-hydrogen) atoms. The Balaban J connectivity index is 1.49. The summed E-state index contributed by atoms with van der Waals surface area (Å²) in [4.78, 5) is 2.33. The van der Waals surface area contributed by atoms with E-state index in [4.69, 9.17) is 14.2 Å². The summed E-state index contributed by atoms with van der Waals surface area (Å²) in [7, 11) is 2.16. The van der Waals surface area contributed by atoms with Crippen molar-refractivity contribution in [3.8, 4) is 5.75 Å². The van der Waals surface area contributed by atoms with Crippen molar-refractivity contribution in [2.45, 2.75) is 38.5 Å². The number of hydrogen-bond acceptors (Lipinski definition) is 4. The van der Waals surface area contributed by atoms with E-state index in [0.29, 0.717) is 13.2 Å². The molecule has 2 heterocycles. The van der Waals surface area contributed by atoms with Crippen LogP contribution >= 0.6 is 0 Å². The van der Waals surface area contributed by atoms with Gasteiger partial charge in [-0.25, -0.2) is 0 Å². The van der Waals surface area contributed by atoms with E-state index in [9.17, 15) is 0 Å². The van der Waals surface area contributed by atoms with E-state index in [1.807, 2.05) is 0 Å². The molecule has 4 nitrogen and oxygen atoms in total. The van der Waals surface area contributed by atoms with Crippen molar-refractivity contribution in [3.63, 3.8) is 0 Å². The lowest BCUT2D eigenvalue weighted by Crippen LogP contribution is -2.27. The molecule has 1 saturated heterocycles. The number of nitrogens with zero attached hydrogens (tertiary/aromatic N) is 1. The third-order valence-corrected chi connectivity index (χ3v) is 4.20. The number of likely N-dealkylation sites (N-methyl/N-ethyl adjacent to an activating group) is 1. The van der Waals surface area contributed by atoms with Crippen LogP contribution in [0.1, 0.15) is 30.4 Å². The molecule has 1 unspecified atom stereocenters. The van der Waals surface area contributed by atoms with E-state index < -0.39 is 0 Å². The van der Waals surface area contributed by atoms with Gasteiger partial charge in [-0.05, 0) is 44.4 Å². The zero-order valence-corrected chi connectivity index (χ0v) is 12.8. The smallest absolute Gasteiger partial charge is 0.157 e. The average molecular weight is 291 g/mol. The second kappa shape index (κ2) is 7.25. The van der Waals surface area contributed by atoms with Crippen molar-refractivity contribution in [3.05, 3.63) is 29.3 Å². The van der Waals surface area contributed by atoms with Crippen LogP contribution in [0.4, 0.5) is 0 Å². The van der Waals surface area contributed by atoms with E-state index in [1.165, 1.54) is 17.5 Å². The maximum absolute atomic E-state index is 5.94. The molecule has 1 atom stereocenters. The highest BCUT2D eigenvalue weighted by Gasteiger charge is 2.17. The number of fused-ring (bicyclic) bond motifs is 1. The highest BCUT2D eigenvalue weighted by molar-refractivity contribution is 5.41. The molecule has 0 aromatic heterocycles. The zero-order chi connectivity index (χ0) is 14.5. The Bertz CT molecular complexity index is 457. The normalized spacial score (nSPS) is 22.8. The molecule has 0 bridgehead atoms. The van der Waals surface area contributed by atoms with Gasteiger partial charge in [0.25, 0.3) is 0 Å². The summed E-state index contributed by atoms with van der Waals surface area (Å²) in [5.74, 6) is 1.01. The molecule has 1 aromatic rings. The van der Waals surface area contributed by atoms with Gasteiger partial charge in [-0.3, -0.25) is 0 Å². The summed E-state index contributed by atoms with van der Waals surface area (Å²) in [6, 6.07) is 6.36.